The Bertz CT molecular complexity index is 1640. The second kappa shape index (κ2) is 10.2. The topological polar surface area (TPSA) is 142 Å². The van der Waals surface area contributed by atoms with Gasteiger partial charge in [0.25, 0.3) is 0 Å². The van der Waals surface area contributed by atoms with Crippen LogP contribution in [0.1, 0.15) is 37.7 Å². The van der Waals surface area contributed by atoms with Crippen LogP contribution in [0.5, 0.6) is 11.5 Å². The summed E-state index contributed by atoms with van der Waals surface area (Å²) in [5.74, 6) is -7.81. The van der Waals surface area contributed by atoms with Gasteiger partial charge in [-0.25, -0.2) is 9.29 Å². The quantitative estimate of drug-likeness (QED) is 0.371. The van der Waals surface area contributed by atoms with Gasteiger partial charge in [0, 0.05) is 24.1 Å². The average molecular weight is 611 g/mol. The summed E-state index contributed by atoms with van der Waals surface area (Å²) in [5.41, 5.74) is -0.325. The predicted molar refractivity (Wildman–Crippen MR) is 150 cm³/mol. The number of ether oxygens (including phenoxy) is 1. The van der Waals surface area contributed by atoms with Crippen molar-refractivity contribution in [3.8, 4) is 11.5 Å². The van der Waals surface area contributed by atoms with Gasteiger partial charge in [-0.15, -0.1) is 0 Å². The maximum Gasteiger partial charge on any atom is 0.305 e. The van der Waals surface area contributed by atoms with Crippen LogP contribution in [-0.2, 0) is 24.0 Å². The number of carbonyl (C=O) groups excluding carboxylic acids is 4. The lowest BCUT2D eigenvalue weighted by atomic mass is 9.51. The molecule has 4 aliphatic rings. The van der Waals surface area contributed by atoms with Crippen LogP contribution in [0.2, 0.25) is 5.02 Å². The molecule has 0 radical (unpaired) electrons. The van der Waals surface area contributed by atoms with E-state index in [2.05, 4.69) is 0 Å². The molecule has 6 rings (SSSR count). The van der Waals surface area contributed by atoms with Crippen LogP contribution in [-0.4, -0.2) is 58.4 Å². The molecule has 4 amide bonds. The van der Waals surface area contributed by atoms with E-state index in [1.54, 1.807) is 19.1 Å². The number of rotatable bonds is 6. The van der Waals surface area contributed by atoms with E-state index in [0.717, 1.165) is 15.9 Å². The van der Waals surface area contributed by atoms with Crippen LogP contribution in [0.15, 0.2) is 48.0 Å². The largest absolute Gasteiger partial charge is 0.508 e. The molecule has 2 aliphatic heterocycles. The molecule has 0 aromatic heterocycles. The van der Waals surface area contributed by atoms with Crippen molar-refractivity contribution < 1.29 is 43.3 Å². The van der Waals surface area contributed by atoms with E-state index in [9.17, 15) is 33.5 Å². The van der Waals surface area contributed by atoms with Gasteiger partial charge < -0.3 is 14.9 Å². The summed E-state index contributed by atoms with van der Waals surface area (Å²) in [6.07, 6.45) is 1.67. The van der Waals surface area contributed by atoms with Crippen molar-refractivity contribution in [2.45, 2.75) is 32.1 Å². The zero-order chi connectivity index (χ0) is 31.0. The molecule has 2 aromatic rings. The number of anilines is 1. The Morgan fingerprint density at radius 1 is 1.09 bits per heavy atom. The summed E-state index contributed by atoms with van der Waals surface area (Å²) in [6, 6.07) is 8.21. The van der Waals surface area contributed by atoms with Crippen molar-refractivity contribution in [2.24, 2.45) is 29.1 Å². The number of aromatic hydroxyl groups is 1. The van der Waals surface area contributed by atoms with Crippen LogP contribution in [0.3, 0.4) is 0 Å². The van der Waals surface area contributed by atoms with Crippen molar-refractivity contribution in [3.05, 3.63) is 64.5 Å². The van der Waals surface area contributed by atoms with Crippen molar-refractivity contribution in [2.75, 3.05) is 18.6 Å². The summed E-state index contributed by atoms with van der Waals surface area (Å²) in [7, 11) is 1.44. The highest BCUT2D eigenvalue weighted by Crippen LogP contribution is 2.64. The summed E-state index contributed by atoms with van der Waals surface area (Å²) >= 11 is 6.01. The normalized spacial score (nSPS) is 29.8. The third-order valence-corrected chi connectivity index (χ3v) is 9.91. The first-order valence-corrected chi connectivity index (χ1v) is 14.2. The monoisotopic (exact) mass is 610 g/mol. The van der Waals surface area contributed by atoms with Gasteiger partial charge in [0.2, 0.25) is 23.6 Å². The number of carboxylic acid groups (broad SMARTS) is 1. The van der Waals surface area contributed by atoms with E-state index < -0.39 is 76.8 Å². The number of aliphatic carboxylic acids is 1. The van der Waals surface area contributed by atoms with Crippen molar-refractivity contribution in [3.63, 3.8) is 0 Å². The molecule has 10 nitrogen and oxygen atoms in total. The number of benzene rings is 2. The number of fused-ring (bicyclic) bond motifs is 4. The Hall–Kier alpha value is -4.25. The third-order valence-electron chi connectivity index (χ3n) is 9.63. The van der Waals surface area contributed by atoms with Gasteiger partial charge in [0.05, 0.1) is 47.4 Å². The molecule has 2 aliphatic carbocycles. The van der Waals surface area contributed by atoms with Gasteiger partial charge in [-0.3, -0.25) is 28.9 Å². The van der Waals surface area contributed by atoms with Gasteiger partial charge in [-0.2, -0.15) is 0 Å². The summed E-state index contributed by atoms with van der Waals surface area (Å²) < 4.78 is 19.3. The minimum atomic E-state index is -1.42. The number of carboxylic acids is 1. The second-order valence-corrected chi connectivity index (χ2v) is 12.1. The SMILES string of the molecule is COc1ccc([C@H]2C3=CC[C@@H]4C(=O)N(CCC(=O)O)C(=O)[C@@H]4[C@@H]3C[C@H]3C(=O)N(c4ccc(F)c(Cl)c4)C(=O)[C@@]23C)c(O)c1. The number of halogens is 2. The smallest absolute Gasteiger partial charge is 0.305 e. The van der Waals surface area contributed by atoms with E-state index in [1.165, 1.54) is 25.3 Å². The highest BCUT2D eigenvalue weighted by atomic mass is 35.5. The molecule has 6 atom stereocenters. The average Bonchev–Trinajstić information content (AvgIpc) is 3.33. The van der Waals surface area contributed by atoms with Crippen LogP contribution < -0.4 is 9.64 Å². The fourth-order valence-corrected chi connectivity index (χ4v) is 7.79. The van der Waals surface area contributed by atoms with Crippen LogP contribution >= 0.6 is 11.6 Å². The number of phenols is 1. The van der Waals surface area contributed by atoms with Crippen LogP contribution in [0.25, 0.3) is 0 Å². The van der Waals surface area contributed by atoms with E-state index in [0.29, 0.717) is 16.9 Å². The fourth-order valence-electron chi connectivity index (χ4n) is 7.62. The van der Waals surface area contributed by atoms with E-state index in [-0.39, 0.29) is 35.8 Å². The molecule has 2 heterocycles. The second-order valence-electron chi connectivity index (χ2n) is 11.7. The Morgan fingerprint density at radius 2 is 1.84 bits per heavy atom. The zero-order valence-electron chi connectivity index (χ0n) is 23.3. The molecule has 12 heteroatoms. The van der Waals surface area contributed by atoms with Gasteiger partial charge in [0.1, 0.15) is 17.3 Å². The highest BCUT2D eigenvalue weighted by molar-refractivity contribution is 6.31. The van der Waals surface area contributed by atoms with Gasteiger partial charge in [-0.1, -0.05) is 29.3 Å². The molecule has 2 N–H and O–H groups in total. The number of carbonyl (C=O) groups is 5. The molecule has 0 unspecified atom stereocenters. The number of allylic oxidation sites excluding steroid dienone is 2. The Morgan fingerprint density at radius 3 is 2.49 bits per heavy atom. The number of amides is 4. The molecule has 3 fully saturated rings. The van der Waals surface area contributed by atoms with Crippen LogP contribution in [0, 0.1) is 34.9 Å². The lowest BCUT2D eigenvalue weighted by molar-refractivity contribution is -0.142. The third kappa shape index (κ3) is 4.16. The van der Waals surface area contributed by atoms with Crippen molar-refractivity contribution in [1.29, 1.82) is 0 Å². The van der Waals surface area contributed by atoms with Gasteiger partial charge >= 0.3 is 5.97 Å². The minimum Gasteiger partial charge on any atom is -0.508 e. The molecular weight excluding hydrogens is 583 g/mol. The summed E-state index contributed by atoms with van der Waals surface area (Å²) in [6.45, 7) is 1.39. The number of hydrogen-bond acceptors (Lipinski definition) is 7. The van der Waals surface area contributed by atoms with Gasteiger partial charge in [-0.05, 0) is 49.9 Å². The molecule has 1 saturated carbocycles. The van der Waals surface area contributed by atoms with Crippen LogP contribution in [0.4, 0.5) is 10.1 Å². The Labute approximate surface area is 250 Å². The summed E-state index contributed by atoms with van der Waals surface area (Å²) in [4.78, 5) is 68.6. The lowest BCUT2D eigenvalue weighted by Crippen LogP contribution is -2.48. The molecule has 0 spiro atoms. The zero-order valence-corrected chi connectivity index (χ0v) is 24.0. The fraction of sp³-hybridized carbons (Fsp3) is 0.387. The molecule has 2 saturated heterocycles. The number of hydrogen-bond donors (Lipinski definition) is 2. The number of imide groups is 2. The molecule has 224 valence electrons. The molecule has 2 aromatic carbocycles. The first kappa shape index (κ1) is 28.9. The van der Waals surface area contributed by atoms with Crippen molar-refractivity contribution in [1.82, 2.24) is 4.90 Å². The lowest BCUT2D eigenvalue weighted by Gasteiger charge is -2.49. The van der Waals surface area contributed by atoms with E-state index >= 15 is 0 Å². The number of nitrogens with zero attached hydrogens (tertiary/aromatic N) is 2. The maximum absolute atomic E-state index is 14.4. The minimum absolute atomic E-state index is 0.0682. The number of likely N-dealkylation sites (tertiary alicyclic amines) is 1. The molecular formula is C31H28ClFN2O8. The maximum atomic E-state index is 14.4. The van der Waals surface area contributed by atoms with E-state index in [1.807, 2.05) is 6.08 Å². The first-order chi connectivity index (χ1) is 20.4. The first-order valence-electron chi connectivity index (χ1n) is 13.9. The molecule has 43 heavy (non-hydrogen) atoms. The van der Waals surface area contributed by atoms with Gasteiger partial charge in [0.15, 0.2) is 0 Å². The number of methoxy groups -OCH3 is 1. The predicted octanol–water partition coefficient (Wildman–Crippen LogP) is 3.90. The Kier molecular flexibility index (Phi) is 6.83. The highest BCUT2D eigenvalue weighted by Gasteiger charge is 2.67. The molecule has 0 bridgehead atoms. The Balaban J connectivity index is 1.49. The van der Waals surface area contributed by atoms with E-state index in [4.69, 9.17) is 21.4 Å². The van der Waals surface area contributed by atoms with Crippen molar-refractivity contribution >= 4 is 46.9 Å². The summed E-state index contributed by atoms with van der Waals surface area (Å²) in [5, 5.41) is 20.1. The number of phenolic OH excluding ortho intramolecular Hbond substituents is 1. The standard InChI is InChI=1S/C31H28ClFN2O8/c1-31-20(28(40)35(30(31)42)14-3-8-22(33)21(32)11-14)13-19-16(26(31)17-5-4-15(43-2)12-23(17)36)6-7-18-25(19)29(41)34(27(18)39)10-9-24(37)38/h3-6,8,11-12,18-20,25-26,36H,7,9-10,13H2,1-2H3,(H,37,38)/t18-,19+,20-,25-,26+,31+/m0/s1.